The van der Waals surface area contributed by atoms with E-state index in [1.54, 1.807) is 0 Å². The molecular weight excluding hydrogens is 288 g/mol. The van der Waals surface area contributed by atoms with E-state index in [4.69, 9.17) is 4.74 Å². The molecule has 0 aromatic heterocycles. The van der Waals surface area contributed by atoms with Crippen LogP contribution in [0, 0.1) is 5.92 Å². The number of benzene rings is 2. The predicted molar refractivity (Wildman–Crippen MR) is 89.5 cm³/mol. The van der Waals surface area contributed by atoms with Crippen molar-refractivity contribution >= 4 is 5.97 Å². The van der Waals surface area contributed by atoms with E-state index in [0.717, 1.165) is 31.2 Å². The van der Waals surface area contributed by atoms with Crippen molar-refractivity contribution in [2.24, 2.45) is 5.92 Å². The lowest BCUT2D eigenvalue weighted by Gasteiger charge is -2.36. The fourth-order valence-corrected chi connectivity index (χ4v) is 3.55. The summed E-state index contributed by atoms with van der Waals surface area (Å²) in [5.41, 5.74) is -0.197. The summed E-state index contributed by atoms with van der Waals surface area (Å²) in [6.07, 6.45) is 4.36. The molecule has 1 atom stereocenters. The average Bonchev–Trinajstić information content (AvgIpc) is 3.11. The molecule has 1 aliphatic rings. The van der Waals surface area contributed by atoms with Gasteiger partial charge in [0.15, 0.2) is 0 Å². The van der Waals surface area contributed by atoms with Gasteiger partial charge >= 0.3 is 5.97 Å². The molecule has 0 spiro atoms. The molecule has 0 saturated heterocycles. The summed E-state index contributed by atoms with van der Waals surface area (Å²) in [7, 11) is 0. The molecule has 2 aromatic carbocycles. The van der Waals surface area contributed by atoms with Crippen molar-refractivity contribution in [1.29, 1.82) is 0 Å². The summed E-state index contributed by atoms with van der Waals surface area (Å²) < 4.78 is 6.15. The number of aliphatic carboxylic acids is 1. The Kier molecular flexibility index (Phi) is 4.65. The van der Waals surface area contributed by atoms with E-state index in [-0.39, 0.29) is 5.92 Å². The maximum absolute atomic E-state index is 12.3. The third-order valence-corrected chi connectivity index (χ3v) is 4.73. The summed E-state index contributed by atoms with van der Waals surface area (Å²) in [6, 6.07) is 19.1. The Labute approximate surface area is 136 Å². The second-order valence-corrected chi connectivity index (χ2v) is 6.25. The largest absolute Gasteiger partial charge is 0.478 e. The standard InChI is InChI=1S/C20H22O3/c21-19(22)20(17-11-7-8-12-17,15-16-9-3-1-4-10-16)23-18-13-5-2-6-14-18/h1-6,9-10,13-14,17H,7-8,11-12,15H2,(H,21,22). The highest BCUT2D eigenvalue weighted by Crippen LogP contribution is 2.39. The second kappa shape index (κ2) is 6.86. The molecule has 0 amide bonds. The number of carboxylic acid groups (broad SMARTS) is 1. The van der Waals surface area contributed by atoms with Gasteiger partial charge in [-0.2, -0.15) is 0 Å². The fourth-order valence-electron chi connectivity index (χ4n) is 3.55. The van der Waals surface area contributed by atoms with Gasteiger partial charge in [-0.05, 0) is 30.5 Å². The molecular formula is C20H22O3. The average molecular weight is 310 g/mol. The zero-order chi connectivity index (χ0) is 16.1. The first-order valence-electron chi connectivity index (χ1n) is 8.22. The Morgan fingerprint density at radius 3 is 2.13 bits per heavy atom. The predicted octanol–water partition coefficient (Wildman–Crippen LogP) is 4.32. The van der Waals surface area contributed by atoms with Gasteiger partial charge in [0.05, 0.1) is 0 Å². The van der Waals surface area contributed by atoms with Gasteiger partial charge in [-0.15, -0.1) is 0 Å². The van der Waals surface area contributed by atoms with Crippen LogP contribution < -0.4 is 4.74 Å². The van der Waals surface area contributed by atoms with E-state index in [1.807, 2.05) is 60.7 Å². The van der Waals surface area contributed by atoms with Crippen molar-refractivity contribution in [3.05, 3.63) is 66.2 Å². The number of ether oxygens (including phenoxy) is 1. The molecule has 0 radical (unpaired) electrons. The normalized spacial score (nSPS) is 17.6. The van der Waals surface area contributed by atoms with Gasteiger partial charge in [0.1, 0.15) is 5.75 Å². The molecule has 1 saturated carbocycles. The van der Waals surface area contributed by atoms with Gasteiger partial charge in [-0.3, -0.25) is 0 Å². The molecule has 0 aliphatic heterocycles. The zero-order valence-corrected chi connectivity index (χ0v) is 13.2. The minimum atomic E-state index is -1.20. The number of carbonyl (C=O) groups is 1. The molecule has 3 nitrogen and oxygen atoms in total. The Morgan fingerprint density at radius 1 is 1.00 bits per heavy atom. The molecule has 120 valence electrons. The Morgan fingerprint density at radius 2 is 1.57 bits per heavy atom. The molecule has 23 heavy (non-hydrogen) atoms. The first kappa shape index (κ1) is 15.6. The van der Waals surface area contributed by atoms with E-state index < -0.39 is 11.6 Å². The zero-order valence-electron chi connectivity index (χ0n) is 13.2. The first-order valence-corrected chi connectivity index (χ1v) is 8.22. The molecule has 3 heteroatoms. The van der Waals surface area contributed by atoms with Crippen molar-refractivity contribution in [3.8, 4) is 5.75 Å². The van der Waals surface area contributed by atoms with E-state index in [1.165, 1.54) is 0 Å². The Balaban J connectivity index is 1.97. The molecule has 3 rings (SSSR count). The Hall–Kier alpha value is -2.29. The number of hydrogen-bond donors (Lipinski definition) is 1. The molecule has 1 fully saturated rings. The molecule has 1 aliphatic carbocycles. The van der Waals surface area contributed by atoms with Gasteiger partial charge in [0.25, 0.3) is 0 Å². The van der Waals surface area contributed by atoms with Crippen molar-refractivity contribution in [2.45, 2.75) is 37.7 Å². The van der Waals surface area contributed by atoms with Crippen LogP contribution in [0.15, 0.2) is 60.7 Å². The summed E-state index contributed by atoms with van der Waals surface area (Å²) in [5, 5.41) is 10.1. The lowest BCUT2D eigenvalue weighted by atomic mass is 9.80. The van der Waals surface area contributed by atoms with Crippen LogP contribution in [0.3, 0.4) is 0 Å². The third kappa shape index (κ3) is 3.39. The van der Waals surface area contributed by atoms with Crippen LogP contribution in [-0.2, 0) is 11.2 Å². The third-order valence-electron chi connectivity index (χ3n) is 4.73. The van der Waals surface area contributed by atoms with Gasteiger partial charge in [0.2, 0.25) is 5.60 Å². The second-order valence-electron chi connectivity index (χ2n) is 6.25. The van der Waals surface area contributed by atoms with Crippen LogP contribution in [-0.4, -0.2) is 16.7 Å². The number of para-hydroxylation sites is 1. The molecule has 1 N–H and O–H groups in total. The molecule has 0 bridgehead atoms. The summed E-state index contributed by atoms with van der Waals surface area (Å²) in [4.78, 5) is 12.3. The van der Waals surface area contributed by atoms with Crippen molar-refractivity contribution in [3.63, 3.8) is 0 Å². The van der Waals surface area contributed by atoms with Crippen LogP contribution in [0.1, 0.15) is 31.2 Å². The lowest BCUT2D eigenvalue weighted by Crippen LogP contribution is -2.52. The monoisotopic (exact) mass is 310 g/mol. The van der Waals surface area contributed by atoms with Crippen LogP contribution in [0.2, 0.25) is 0 Å². The van der Waals surface area contributed by atoms with Crippen molar-refractivity contribution < 1.29 is 14.6 Å². The number of carboxylic acids is 1. The highest BCUT2D eigenvalue weighted by Gasteiger charge is 2.49. The van der Waals surface area contributed by atoms with Gasteiger partial charge in [-0.1, -0.05) is 61.4 Å². The lowest BCUT2D eigenvalue weighted by molar-refractivity contribution is -0.160. The van der Waals surface area contributed by atoms with Crippen molar-refractivity contribution in [2.75, 3.05) is 0 Å². The van der Waals surface area contributed by atoms with Crippen LogP contribution in [0.5, 0.6) is 5.75 Å². The maximum Gasteiger partial charge on any atom is 0.348 e. The summed E-state index contributed by atoms with van der Waals surface area (Å²) in [5.74, 6) is -0.199. The molecule has 2 aromatic rings. The van der Waals surface area contributed by atoms with E-state index in [2.05, 4.69) is 0 Å². The summed E-state index contributed by atoms with van der Waals surface area (Å²) in [6.45, 7) is 0. The quantitative estimate of drug-likeness (QED) is 0.864. The van der Waals surface area contributed by atoms with Crippen LogP contribution in [0.4, 0.5) is 0 Å². The minimum Gasteiger partial charge on any atom is -0.478 e. The minimum absolute atomic E-state index is 0.0420. The first-order chi connectivity index (χ1) is 11.2. The van der Waals surface area contributed by atoms with E-state index >= 15 is 0 Å². The van der Waals surface area contributed by atoms with Gasteiger partial charge in [0, 0.05) is 12.3 Å². The number of hydrogen-bond acceptors (Lipinski definition) is 2. The highest BCUT2D eigenvalue weighted by atomic mass is 16.5. The number of rotatable bonds is 6. The van der Waals surface area contributed by atoms with Gasteiger partial charge in [-0.25, -0.2) is 4.79 Å². The van der Waals surface area contributed by atoms with E-state index in [9.17, 15) is 9.90 Å². The topological polar surface area (TPSA) is 46.5 Å². The summed E-state index contributed by atoms with van der Waals surface area (Å²) >= 11 is 0. The highest BCUT2D eigenvalue weighted by molar-refractivity contribution is 5.79. The molecule has 0 heterocycles. The molecule has 1 unspecified atom stereocenters. The van der Waals surface area contributed by atoms with E-state index in [0.29, 0.717) is 12.2 Å². The smallest absolute Gasteiger partial charge is 0.348 e. The van der Waals surface area contributed by atoms with Crippen LogP contribution >= 0.6 is 0 Å². The Bertz CT molecular complexity index is 589. The fraction of sp³-hybridized carbons (Fsp3) is 0.350. The van der Waals surface area contributed by atoms with Crippen LogP contribution in [0.25, 0.3) is 0 Å². The van der Waals surface area contributed by atoms with Crippen molar-refractivity contribution in [1.82, 2.24) is 0 Å². The maximum atomic E-state index is 12.3. The SMILES string of the molecule is O=C(O)C(Cc1ccccc1)(Oc1ccccc1)C1CCCC1. The van der Waals surface area contributed by atoms with Gasteiger partial charge < -0.3 is 9.84 Å².